The molecule has 4 saturated carbocycles. The van der Waals surface area contributed by atoms with Crippen LogP contribution < -0.4 is 4.74 Å². The van der Waals surface area contributed by atoms with Gasteiger partial charge in [0.1, 0.15) is 78.5 Å². The van der Waals surface area contributed by atoms with E-state index in [0.29, 0.717) is 49.8 Å². The summed E-state index contributed by atoms with van der Waals surface area (Å²) in [6.45, 7) is 15.7. The molecule has 27 nitrogen and oxygen atoms in total. The summed E-state index contributed by atoms with van der Waals surface area (Å²) >= 11 is 0. The molecule has 8 fully saturated rings. The molecule has 4 saturated heterocycles. The van der Waals surface area contributed by atoms with Crippen molar-refractivity contribution in [1.82, 2.24) is 0 Å². The zero-order chi connectivity index (χ0) is 68.0. The van der Waals surface area contributed by atoms with Crippen molar-refractivity contribution in [2.75, 3.05) is 13.7 Å². The first kappa shape index (κ1) is 71.2. The van der Waals surface area contributed by atoms with Gasteiger partial charge in [-0.2, -0.15) is 0 Å². The molecule has 1 aromatic carbocycles. The normalized spacial score (nSPS) is 47.9. The molecule has 4 heterocycles. The number of hydrogen-bond acceptors (Lipinski definition) is 26. The number of allylic oxidation sites excluding steroid dienone is 2. The average Bonchev–Trinajstić information content (AvgIpc) is 0.672. The summed E-state index contributed by atoms with van der Waals surface area (Å²) in [6.07, 6.45) is -28.3. The molecule has 5 aliphatic carbocycles. The van der Waals surface area contributed by atoms with Crippen LogP contribution in [0.2, 0.25) is 0 Å². The van der Waals surface area contributed by atoms with Gasteiger partial charge in [-0.05, 0) is 135 Å². The molecule has 9 aliphatic rings. The fraction of sp³-hybridized carbons (Fsp3) is 0.773. The Bertz CT molecular complexity index is 2960. The predicted molar refractivity (Wildman–Crippen MR) is 318 cm³/mol. The quantitative estimate of drug-likeness (QED) is 0.0276. The van der Waals surface area contributed by atoms with Gasteiger partial charge >= 0.3 is 23.9 Å². The van der Waals surface area contributed by atoms with Crippen LogP contribution in [0.25, 0.3) is 6.08 Å². The van der Waals surface area contributed by atoms with E-state index in [9.17, 15) is 75.3 Å². The van der Waals surface area contributed by atoms with Gasteiger partial charge < -0.3 is 113 Å². The third-order valence-corrected chi connectivity index (χ3v) is 23.3. The fourth-order valence-corrected chi connectivity index (χ4v) is 17.8. The van der Waals surface area contributed by atoms with Gasteiger partial charge in [0.15, 0.2) is 43.3 Å². The van der Waals surface area contributed by atoms with Crippen LogP contribution in [0.5, 0.6) is 5.75 Å². The maximum absolute atomic E-state index is 15.9. The minimum atomic E-state index is -2.10. The Morgan fingerprint density at radius 1 is 0.634 bits per heavy atom. The number of aliphatic hydroxyl groups is 10. The van der Waals surface area contributed by atoms with Crippen molar-refractivity contribution in [1.29, 1.82) is 0 Å². The van der Waals surface area contributed by atoms with Gasteiger partial charge in [0.25, 0.3) is 0 Å². The summed E-state index contributed by atoms with van der Waals surface area (Å²) in [5, 5.41) is 121. The first-order valence-electron chi connectivity index (χ1n) is 32.3. The van der Waals surface area contributed by atoms with Crippen LogP contribution in [0.1, 0.15) is 126 Å². The maximum Gasteiger partial charge on any atom is 0.335 e. The van der Waals surface area contributed by atoms with Crippen molar-refractivity contribution < 1.29 is 132 Å². The molecule has 520 valence electrons. The van der Waals surface area contributed by atoms with Crippen LogP contribution in [-0.4, -0.2) is 235 Å². The predicted octanol–water partition coefficient (Wildman–Crippen LogP) is 1.11. The van der Waals surface area contributed by atoms with Crippen LogP contribution in [0.3, 0.4) is 0 Å². The molecule has 93 heavy (non-hydrogen) atoms. The first-order valence-corrected chi connectivity index (χ1v) is 32.3. The van der Waals surface area contributed by atoms with E-state index in [0.717, 1.165) is 24.9 Å². The molecule has 0 amide bonds. The van der Waals surface area contributed by atoms with E-state index in [1.807, 2.05) is 0 Å². The standard InChI is InChI=1S/C66H94O27/c1-29-42(72)44(74)48(78)56(84-29)92-54-53(86-31(3)69)50(89-41(71)18-13-32-11-14-33(83-10)15-12-32)30(2)85-59(54)93-60(82)66-24-23-61(4,5)25-35(66)34-16-17-38-62(6)21-20-40(63(7,28-68)37(62)19-22-64(38,8)65(34,9)26-39(66)70)88-58-52(47(77)46(76)51(90-58)55(80)81)91-57-49(79)45(75)43(73)36(27-67)87-57/h11-16,18,28-30,35-40,42-54,56-59,67,70,72-79H,17,19-27H2,1-10H3,(H,80,81)/b18-13-/t29-,30-,35-,36+,37+,38+,39+,40-,42-,43-,44+,45-,46-,47-,48+,49+,50-,51-,52+,53+,54+,56-,57-,58+,59-,62-,63-,64+,65+,66+/m0/s1. The van der Waals surface area contributed by atoms with Gasteiger partial charge in [0.05, 0.1) is 43.5 Å². The van der Waals surface area contributed by atoms with E-state index in [1.165, 1.54) is 27.0 Å². The number of carbonyl (C=O) groups is 5. The van der Waals surface area contributed by atoms with Crippen LogP contribution in [0.4, 0.5) is 0 Å². The average molecular weight is 1320 g/mol. The minimum absolute atomic E-state index is 0.0866. The summed E-state index contributed by atoms with van der Waals surface area (Å²) in [7, 11) is 1.52. The molecule has 0 bridgehead atoms. The molecule has 11 N–H and O–H groups in total. The van der Waals surface area contributed by atoms with Crippen molar-refractivity contribution in [2.45, 2.75) is 255 Å². The number of aldehydes is 1. The molecule has 0 unspecified atom stereocenters. The highest BCUT2D eigenvalue weighted by atomic mass is 16.8. The second-order valence-electron chi connectivity index (χ2n) is 29.1. The van der Waals surface area contributed by atoms with Crippen molar-refractivity contribution >= 4 is 36.2 Å². The van der Waals surface area contributed by atoms with Gasteiger partial charge in [-0.3, -0.25) is 9.59 Å². The Kier molecular flexibility index (Phi) is 20.4. The Hall–Kier alpha value is -4.63. The Labute approximate surface area is 539 Å². The molecule has 10 rings (SSSR count). The third-order valence-electron chi connectivity index (χ3n) is 23.3. The zero-order valence-corrected chi connectivity index (χ0v) is 54.1. The number of aliphatic carboxylic acids is 1. The number of carbonyl (C=O) groups excluding carboxylic acids is 4. The largest absolute Gasteiger partial charge is 0.497 e. The van der Waals surface area contributed by atoms with Crippen LogP contribution >= 0.6 is 0 Å². The number of methoxy groups -OCH3 is 1. The number of hydrogen-bond donors (Lipinski definition) is 11. The number of aliphatic hydroxyl groups excluding tert-OH is 10. The number of esters is 3. The number of benzene rings is 1. The second kappa shape index (κ2) is 26.7. The molecule has 0 spiro atoms. The number of fused-ring (bicyclic) bond motifs is 7. The van der Waals surface area contributed by atoms with Crippen LogP contribution in [0.15, 0.2) is 42.0 Å². The van der Waals surface area contributed by atoms with Crippen molar-refractivity contribution in [3.8, 4) is 5.75 Å². The van der Waals surface area contributed by atoms with E-state index >= 15 is 4.79 Å². The van der Waals surface area contributed by atoms with Gasteiger partial charge in [-0.15, -0.1) is 0 Å². The van der Waals surface area contributed by atoms with Gasteiger partial charge in [0.2, 0.25) is 6.29 Å². The van der Waals surface area contributed by atoms with E-state index in [-0.39, 0.29) is 30.6 Å². The van der Waals surface area contributed by atoms with Gasteiger partial charge in [0, 0.05) is 13.0 Å². The Morgan fingerprint density at radius 3 is 1.91 bits per heavy atom. The molecule has 27 heteroatoms. The lowest BCUT2D eigenvalue weighted by Crippen LogP contribution is -2.69. The maximum atomic E-state index is 15.9. The van der Waals surface area contributed by atoms with E-state index < -0.39 is 204 Å². The summed E-state index contributed by atoms with van der Waals surface area (Å²) in [6, 6.07) is 6.81. The lowest BCUT2D eigenvalue weighted by Gasteiger charge is -2.71. The SMILES string of the molecule is COc1ccc(/C=C\C(=O)O[C@@H]2[C@@H](OC(C)=O)[C@@H](O[C@@H]3O[C@@H](C)[C@H](O)[C@@H](O)[C@H]3O)[C@H](OC(=O)[C@]34CCC(C)(C)C[C@H]3C3=CC[C@@H]5[C@@]6(C)CC[C@H](O[C@@H]7O[C@H](C(=O)O)[C@@H](O)[C@H](O)[C@H]7O[C@@H]7O[C@H](CO)[C@H](O)[C@H](O)[C@H]7O)[C@@](C)(C=O)[C@@H]6CC[C@@]5(C)[C@]3(C)C[C@H]4O)O[C@H]2C)cc1. The van der Waals surface area contributed by atoms with E-state index in [1.54, 1.807) is 31.2 Å². The van der Waals surface area contributed by atoms with Gasteiger partial charge in [-0.25, -0.2) is 9.59 Å². The van der Waals surface area contributed by atoms with Crippen LogP contribution in [0, 0.1) is 50.2 Å². The second-order valence-corrected chi connectivity index (χ2v) is 29.1. The van der Waals surface area contributed by atoms with Crippen molar-refractivity contribution in [2.24, 2.45) is 50.2 Å². The minimum Gasteiger partial charge on any atom is -0.497 e. The molecule has 4 aliphatic heterocycles. The van der Waals surface area contributed by atoms with Crippen molar-refractivity contribution in [3.63, 3.8) is 0 Å². The smallest absolute Gasteiger partial charge is 0.335 e. The monoisotopic (exact) mass is 1320 g/mol. The fourth-order valence-electron chi connectivity index (χ4n) is 17.8. The number of carboxylic acids is 1. The Morgan fingerprint density at radius 2 is 1.28 bits per heavy atom. The first-order chi connectivity index (χ1) is 43.6. The highest BCUT2D eigenvalue weighted by Gasteiger charge is 2.73. The highest BCUT2D eigenvalue weighted by Crippen LogP contribution is 2.76. The summed E-state index contributed by atoms with van der Waals surface area (Å²) in [4.78, 5) is 69.2. The van der Waals surface area contributed by atoms with Crippen LogP contribution in [-0.2, 0) is 71.3 Å². The molecule has 0 radical (unpaired) electrons. The lowest BCUT2D eigenvalue weighted by atomic mass is 9.33. The topological polar surface area (TPSA) is 409 Å². The molecular weight excluding hydrogens is 1220 g/mol. The number of ether oxygens (including phenoxy) is 11. The Balaban J connectivity index is 0.940. The van der Waals surface area contributed by atoms with Crippen molar-refractivity contribution in [3.05, 3.63) is 47.6 Å². The lowest BCUT2D eigenvalue weighted by molar-refractivity contribution is -0.373. The molecular formula is C66H94O27. The molecule has 0 aromatic heterocycles. The van der Waals surface area contributed by atoms with E-state index in [2.05, 4.69) is 40.7 Å². The third kappa shape index (κ3) is 12.4. The van der Waals surface area contributed by atoms with E-state index in [4.69, 9.17) is 52.1 Å². The van der Waals surface area contributed by atoms with Gasteiger partial charge in [-0.1, -0.05) is 65.3 Å². The summed E-state index contributed by atoms with van der Waals surface area (Å²) in [5.74, 6) is -4.89. The molecule has 30 atom stereocenters. The highest BCUT2D eigenvalue weighted by molar-refractivity contribution is 5.87. The summed E-state index contributed by atoms with van der Waals surface area (Å²) in [5.41, 5.74) is -3.76. The number of rotatable bonds is 16. The zero-order valence-electron chi connectivity index (χ0n) is 54.1. The number of carboxylic acid groups (broad SMARTS) is 1. The summed E-state index contributed by atoms with van der Waals surface area (Å²) < 4.78 is 66.2. The molecule has 1 aromatic rings.